The number of likely N-dealkylation sites (tertiary alicyclic amines) is 1. The van der Waals surface area contributed by atoms with Crippen molar-refractivity contribution in [3.05, 3.63) is 0 Å². The first-order chi connectivity index (χ1) is 28.7. The average molecular weight is 848 g/mol. The van der Waals surface area contributed by atoms with Gasteiger partial charge in [-0.15, -0.1) is 0 Å². The van der Waals surface area contributed by atoms with E-state index in [0.29, 0.717) is 56.1 Å². The normalized spacial score (nSPS) is 15.8. The summed E-state index contributed by atoms with van der Waals surface area (Å²) in [5.74, 6) is 3.88. The summed E-state index contributed by atoms with van der Waals surface area (Å²) < 4.78 is 17.5. The topological polar surface area (TPSA) is 82.1 Å². The molecule has 60 heavy (non-hydrogen) atoms. The van der Waals surface area contributed by atoms with Gasteiger partial charge in [-0.25, -0.2) is 0 Å². The first-order valence-corrected chi connectivity index (χ1v) is 26.0. The molecule has 0 bridgehead atoms. The van der Waals surface area contributed by atoms with Gasteiger partial charge < -0.3 is 19.1 Å². The molecule has 1 heterocycles. The van der Waals surface area contributed by atoms with Gasteiger partial charge in [0.1, 0.15) is 5.60 Å². The number of esters is 3. The van der Waals surface area contributed by atoms with Gasteiger partial charge in [-0.3, -0.25) is 14.4 Å². The third kappa shape index (κ3) is 32.1. The number of carbonyl (C=O) groups is 3. The molecule has 1 saturated heterocycles. The number of nitrogens with zero attached hydrogens (tertiary/aromatic N) is 1. The number of ether oxygens (including phenoxy) is 3. The molecule has 354 valence electrons. The van der Waals surface area contributed by atoms with Gasteiger partial charge in [0.15, 0.2) is 0 Å². The number of unbranched alkanes of at least 4 members (excludes halogenated alkanes) is 12. The van der Waals surface area contributed by atoms with E-state index in [1.165, 1.54) is 83.7 Å². The lowest BCUT2D eigenvalue weighted by molar-refractivity contribution is -0.160. The summed E-state index contributed by atoms with van der Waals surface area (Å²) in [6.07, 6.45) is 30.6. The average Bonchev–Trinajstić information content (AvgIpc) is 3.19. The van der Waals surface area contributed by atoms with Gasteiger partial charge in [-0.05, 0) is 146 Å². The Morgan fingerprint density at radius 3 is 1.25 bits per heavy atom. The van der Waals surface area contributed by atoms with E-state index >= 15 is 0 Å². The number of hydrogen-bond acceptors (Lipinski definition) is 7. The number of rotatable bonds is 39. The lowest BCUT2D eigenvalue weighted by atomic mass is 9.86. The molecule has 7 heteroatoms. The van der Waals surface area contributed by atoms with Crippen molar-refractivity contribution in [3.63, 3.8) is 0 Å². The summed E-state index contributed by atoms with van der Waals surface area (Å²) in [4.78, 5) is 40.2. The Hall–Kier alpha value is -1.63. The van der Waals surface area contributed by atoms with Crippen LogP contribution in [0.3, 0.4) is 0 Å². The van der Waals surface area contributed by atoms with Crippen LogP contribution in [-0.4, -0.2) is 61.3 Å². The lowest BCUT2D eigenvalue weighted by Crippen LogP contribution is -2.33. The second kappa shape index (κ2) is 35.8. The van der Waals surface area contributed by atoms with E-state index < -0.39 is 5.60 Å². The molecule has 1 aliphatic heterocycles. The van der Waals surface area contributed by atoms with E-state index in [4.69, 9.17) is 14.2 Å². The van der Waals surface area contributed by atoms with Crippen LogP contribution in [0.4, 0.5) is 0 Å². The molecule has 0 spiro atoms. The van der Waals surface area contributed by atoms with Crippen molar-refractivity contribution in [3.8, 4) is 0 Å². The third-order valence-corrected chi connectivity index (χ3v) is 13.5. The fourth-order valence-corrected chi connectivity index (χ4v) is 9.00. The molecule has 0 aromatic carbocycles. The Labute approximate surface area is 372 Å². The fourth-order valence-electron chi connectivity index (χ4n) is 9.00. The molecule has 1 fully saturated rings. The largest absolute Gasteiger partial charge is 0.466 e. The molecule has 0 aliphatic carbocycles. The summed E-state index contributed by atoms with van der Waals surface area (Å²) in [6.45, 7) is 24.9. The Morgan fingerprint density at radius 2 is 0.850 bits per heavy atom. The van der Waals surface area contributed by atoms with E-state index in [9.17, 15) is 14.4 Å². The number of piperidine rings is 1. The number of carbonyl (C=O) groups excluding carboxylic acids is 3. The number of hydrogen-bond donors (Lipinski definition) is 0. The van der Waals surface area contributed by atoms with Crippen LogP contribution in [0.15, 0.2) is 0 Å². The van der Waals surface area contributed by atoms with Gasteiger partial charge in [0.05, 0.1) is 13.2 Å². The summed E-state index contributed by atoms with van der Waals surface area (Å²) in [7, 11) is 0. The standard InChI is InChI=1S/C53H101NO6/c1-44(2)31-33-48(46(5)6)35-42-58-50(55)28-21-16-12-10-14-18-23-37-53(9,60-52(57)30-27-41-54-39-25-20-26-40-54)38-24-19-15-11-13-17-22-29-51(56)59-43-36-49(47(7)8)34-32-45(3)4/h44-49H,10-43H2,1-9H3. The van der Waals surface area contributed by atoms with E-state index in [1.807, 2.05) is 0 Å². The molecule has 1 aliphatic rings. The summed E-state index contributed by atoms with van der Waals surface area (Å²) in [5.41, 5.74) is -0.393. The van der Waals surface area contributed by atoms with Crippen molar-refractivity contribution in [1.82, 2.24) is 4.90 Å². The minimum atomic E-state index is -0.393. The zero-order valence-corrected chi connectivity index (χ0v) is 41.4. The van der Waals surface area contributed by atoms with Gasteiger partial charge in [0.2, 0.25) is 0 Å². The molecular weight excluding hydrogens is 747 g/mol. The molecule has 7 nitrogen and oxygen atoms in total. The van der Waals surface area contributed by atoms with Crippen LogP contribution < -0.4 is 0 Å². The first-order valence-electron chi connectivity index (χ1n) is 26.0. The van der Waals surface area contributed by atoms with E-state index in [2.05, 4.69) is 67.2 Å². The minimum absolute atomic E-state index is 0.0247. The van der Waals surface area contributed by atoms with Crippen molar-refractivity contribution >= 4 is 17.9 Å². The molecule has 0 aromatic rings. The predicted molar refractivity (Wildman–Crippen MR) is 253 cm³/mol. The highest BCUT2D eigenvalue weighted by Crippen LogP contribution is 2.29. The van der Waals surface area contributed by atoms with E-state index in [1.54, 1.807) is 0 Å². The van der Waals surface area contributed by atoms with E-state index in [-0.39, 0.29) is 17.9 Å². The highest BCUT2D eigenvalue weighted by Gasteiger charge is 2.28. The van der Waals surface area contributed by atoms with Crippen LogP contribution in [0.2, 0.25) is 0 Å². The van der Waals surface area contributed by atoms with Crippen LogP contribution in [0.25, 0.3) is 0 Å². The molecule has 0 radical (unpaired) electrons. The molecular formula is C53H101NO6. The Kier molecular flexibility index (Phi) is 33.6. The Bertz CT molecular complexity index is 990. The lowest BCUT2D eigenvalue weighted by Gasteiger charge is -2.30. The molecule has 0 amide bonds. The second-order valence-corrected chi connectivity index (χ2v) is 20.8. The third-order valence-electron chi connectivity index (χ3n) is 13.5. The maximum Gasteiger partial charge on any atom is 0.306 e. The maximum atomic E-state index is 13.1. The van der Waals surface area contributed by atoms with Gasteiger partial charge in [0, 0.05) is 19.3 Å². The van der Waals surface area contributed by atoms with Gasteiger partial charge in [-0.1, -0.05) is 139 Å². The molecule has 0 aromatic heterocycles. The van der Waals surface area contributed by atoms with Crippen LogP contribution in [0.5, 0.6) is 0 Å². The van der Waals surface area contributed by atoms with E-state index in [0.717, 1.165) is 115 Å². The smallest absolute Gasteiger partial charge is 0.306 e. The van der Waals surface area contributed by atoms with Crippen LogP contribution in [0.1, 0.15) is 249 Å². The predicted octanol–water partition coefficient (Wildman–Crippen LogP) is 14.9. The fraction of sp³-hybridized carbons (Fsp3) is 0.943. The van der Waals surface area contributed by atoms with Gasteiger partial charge >= 0.3 is 17.9 Å². The SMILES string of the molecule is CC(C)CCC(CCOC(=O)CCCCCCCCCC(C)(CCCCCCCCCC(=O)OCCC(CCC(C)C)C(C)C)OC(=O)CCCN1CCCCC1)C(C)C. The zero-order valence-electron chi connectivity index (χ0n) is 41.4. The zero-order chi connectivity index (χ0) is 44.4. The van der Waals surface area contributed by atoms with Crippen molar-refractivity contribution in [2.45, 2.75) is 254 Å². The van der Waals surface area contributed by atoms with Crippen molar-refractivity contribution in [2.24, 2.45) is 35.5 Å². The minimum Gasteiger partial charge on any atom is -0.466 e. The maximum absolute atomic E-state index is 13.1. The van der Waals surface area contributed by atoms with Gasteiger partial charge in [0.25, 0.3) is 0 Å². The Morgan fingerprint density at radius 1 is 0.467 bits per heavy atom. The molecule has 0 saturated carbocycles. The quantitative estimate of drug-likeness (QED) is 0.0346. The first kappa shape index (κ1) is 56.4. The van der Waals surface area contributed by atoms with Crippen molar-refractivity contribution in [2.75, 3.05) is 32.8 Å². The summed E-state index contributed by atoms with van der Waals surface area (Å²) in [6, 6.07) is 0. The van der Waals surface area contributed by atoms with Crippen molar-refractivity contribution < 1.29 is 28.6 Å². The monoisotopic (exact) mass is 848 g/mol. The second-order valence-electron chi connectivity index (χ2n) is 20.8. The van der Waals surface area contributed by atoms with Crippen LogP contribution in [0, 0.1) is 35.5 Å². The molecule has 0 N–H and O–H groups in total. The van der Waals surface area contributed by atoms with Crippen LogP contribution in [-0.2, 0) is 28.6 Å². The van der Waals surface area contributed by atoms with Gasteiger partial charge in [-0.2, -0.15) is 0 Å². The molecule has 1 rings (SSSR count). The summed E-state index contributed by atoms with van der Waals surface area (Å²) in [5, 5.41) is 0. The highest BCUT2D eigenvalue weighted by molar-refractivity contribution is 5.70. The summed E-state index contributed by atoms with van der Waals surface area (Å²) >= 11 is 0. The highest BCUT2D eigenvalue weighted by atomic mass is 16.6. The molecule has 2 unspecified atom stereocenters. The Balaban J connectivity index is 2.31. The van der Waals surface area contributed by atoms with Crippen LogP contribution >= 0.6 is 0 Å². The molecule has 2 atom stereocenters. The van der Waals surface area contributed by atoms with Crippen molar-refractivity contribution in [1.29, 1.82) is 0 Å².